The Hall–Kier alpha value is -3.73. The van der Waals surface area contributed by atoms with Crippen molar-refractivity contribution in [3.63, 3.8) is 0 Å². The van der Waals surface area contributed by atoms with Gasteiger partial charge in [-0.25, -0.2) is 5.43 Å². The van der Waals surface area contributed by atoms with Gasteiger partial charge in [-0.3, -0.25) is 9.78 Å². The highest BCUT2D eigenvalue weighted by Crippen LogP contribution is 2.26. The molecule has 1 amide bonds. The summed E-state index contributed by atoms with van der Waals surface area (Å²) in [6.07, 6.45) is 4.84. The molecule has 2 aromatic heterocycles. The number of aromatic nitrogens is 2. The Morgan fingerprint density at radius 3 is 2.61 bits per heavy atom. The fraction of sp³-hybridized carbons (Fsp3) is 0.0870. The average Bonchev–Trinajstić information content (AvgIpc) is 3.01. The first-order valence-electron chi connectivity index (χ1n) is 9.05. The maximum Gasteiger partial charge on any atom is 0.271 e. The summed E-state index contributed by atoms with van der Waals surface area (Å²) < 4.78 is 2.22. The summed E-state index contributed by atoms with van der Waals surface area (Å²) in [4.78, 5) is 16.0. The standard InChI is InChI=1S/C23H20N4O/c1-16-14-20(15-25-26-23(28)19-10-12-24-13-11-19)17(2)27(16)22-9-5-7-18-6-3-4-8-21(18)22/h3-15H,1-2H3,(H,26,28)/b25-15-. The molecular formula is C23H20N4O. The molecule has 2 aromatic carbocycles. The maximum atomic E-state index is 12.1. The molecule has 5 nitrogen and oxygen atoms in total. The van der Waals surface area contributed by atoms with Gasteiger partial charge < -0.3 is 4.57 Å². The van der Waals surface area contributed by atoms with Crippen LogP contribution in [-0.2, 0) is 0 Å². The summed E-state index contributed by atoms with van der Waals surface area (Å²) in [7, 11) is 0. The van der Waals surface area contributed by atoms with Gasteiger partial charge in [0.15, 0.2) is 0 Å². The number of nitrogens with zero attached hydrogens (tertiary/aromatic N) is 3. The highest BCUT2D eigenvalue weighted by atomic mass is 16.2. The lowest BCUT2D eigenvalue weighted by molar-refractivity contribution is 0.0955. The van der Waals surface area contributed by atoms with E-state index in [9.17, 15) is 4.79 Å². The van der Waals surface area contributed by atoms with Crippen molar-refractivity contribution >= 4 is 22.9 Å². The van der Waals surface area contributed by atoms with Crippen LogP contribution in [0.2, 0.25) is 0 Å². The Kier molecular flexibility index (Phi) is 4.72. The van der Waals surface area contributed by atoms with Gasteiger partial charge in [-0.15, -0.1) is 0 Å². The van der Waals surface area contributed by atoms with Crippen LogP contribution in [0.4, 0.5) is 0 Å². The Balaban J connectivity index is 1.64. The van der Waals surface area contributed by atoms with Gasteiger partial charge in [0.05, 0.1) is 11.9 Å². The molecule has 0 radical (unpaired) electrons. The lowest BCUT2D eigenvalue weighted by atomic mass is 10.1. The number of carbonyl (C=O) groups excluding carboxylic acids is 1. The molecule has 0 fully saturated rings. The predicted octanol–water partition coefficient (Wildman–Crippen LogP) is 4.41. The summed E-state index contributed by atoms with van der Waals surface area (Å²) in [5, 5.41) is 6.53. The van der Waals surface area contributed by atoms with Crippen LogP contribution in [0.5, 0.6) is 0 Å². The van der Waals surface area contributed by atoms with E-state index in [2.05, 4.69) is 76.4 Å². The Labute approximate surface area is 163 Å². The second kappa shape index (κ2) is 7.48. The number of amides is 1. The van der Waals surface area contributed by atoms with Crippen molar-refractivity contribution < 1.29 is 4.79 Å². The molecule has 4 rings (SSSR count). The maximum absolute atomic E-state index is 12.1. The van der Waals surface area contributed by atoms with E-state index in [0.29, 0.717) is 5.56 Å². The zero-order valence-electron chi connectivity index (χ0n) is 15.8. The molecule has 0 aliphatic rings. The minimum absolute atomic E-state index is 0.262. The molecule has 28 heavy (non-hydrogen) atoms. The van der Waals surface area contributed by atoms with Gasteiger partial charge in [-0.2, -0.15) is 5.10 Å². The number of rotatable bonds is 4. The van der Waals surface area contributed by atoms with Gasteiger partial charge in [-0.1, -0.05) is 36.4 Å². The van der Waals surface area contributed by atoms with Gasteiger partial charge in [0.25, 0.3) is 5.91 Å². The van der Waals surface area contributed by atoms with E-state index in [-0.39, 0.29) is 5.91 Å². The molecule has 1 N–H and O–H groups in total. The quantitative estimate of drug-likeness (QED) is 0.428. The van der Waals surface area contributed by atoms with Crippen molar-refractivity contribution in [2.24, 2.45) is 5.10 Å². The number of fused-ring (bicyclic) bond motifs is 1. The highest BCUT2D eigenvalue weighted by molar-refractivity contribution is 5.95. The number of carbonyl (C=O) groups is 1. The monoisotopic (exact) mass is 368 g/mol. The van der Waals surface area contributed by atoms with Crippen molar-refractivity contribution in [3.05, 3.63) is 95.6 Å². The number of hydrazone groups is 1. The van der Waals surface area contributed by atoms with E-state index >= 15 is 0 Å². The molecule has 138 valence electrons. The number of benzene rings is 2. The third kappa shape index (κ3) is 3.30. The van der Waals surface area contributed by atoms with Gasteiger partial charge in [0.1, 0.15) is 0 Å². The van der Waals surface area contributed by atoms with Crippen LogP contribution in [0, 0.1) is 13.8 Å². The van der Waals surface area contributed by atoms with Crippen LogP contribution < -0.4 is 5.43 Å². The molecule has 0 saturated heterocycles. The molecule has 0 aliphatic carbocycles. The number of hydrogen-bond acceptors (Lipinski definition) is 3. The average molecular weight is 368 g/mol. The van der Waals surface area contributed by atoms with Crippen LogP contribution in [0.15, 0.2) is 78.2 Å². The molecule has 0 spiro atoms. The normalized spacial score (nSPS) is 11.2. The van der Waals surface area contributed by atoms with Gasteiger partial charge >= 0.3 is 0 Å². The topological polar surface area (TPSA) is 59.3 Å². The molecule has 0 bridgehead atoms. The van der Waals surface area contributed by atoms with Crippen LogP contribution in [0.25, 0.3) is 16.5 Å². The van der Waals surface area contributed by atoms with Crippen LogP contribution in [-0.4, -0.2) is 21.7 Å². The van der Waals surface area contributed by atoms with Crippen molar-refractivity contribution in [2.75, 3.05) is 0 Å². The van der Waals surface area contributed by atoms with Gasteiger partial charge in [0, 0.05) is 40.3 Å². The lowest BCUT2D eigenvalue weighted by Crippen LogP contribution is -2.17. The largest absolute Gasteiger partial charge is 0.317 e. The van der Waals surface area contributed by atoms with Crippen LogP contribution in [0.1, 0.15) is 27.3 Å². The van der Waals surface area contributed by atoms with Crippen LogP contribution in [0.3, 0.4) is 0 Å². The van der Waals surface area contributed by atoms with E-state index in [1.54, 1.807) is 30.7 Å². The molecule has 0 saturated carbocycles. The Morgan fingerprint density at radius 2 is 1.79 bits per heavy atom. The summed E-state index contributed by atoms with van der Waals surface area (Å²) in [6.45, 7) is 4.13. The number of hydrogen-bond donors (Lipinski definition) is 1. The summed E-state index contributed by atoms with van der Waals surface area (Å²) in [5.74, 6) is -0.262. The summed E-state index contributed by atoms with van der Waals surface area (Å²) >= 11 is 0. The molecular weight excluding hydrogens is 348 g/mol. The van der Waals surface area contributed by atoms with Gasteiger partial charge in [-0.05, 0) is 43.5 Å². The smallest absolute Gasteiger partial charge is 0.271 e. The van der Waals surface area contributed by atoms with Crippen molar-refractivity contribution in [3.8, 4) is 5.69 Å². The van der Waals surface area contributed by atoms with E-state index in [1.165, 1.54) is 10.8 Å². The van der Waals surface area contributed by atoms with Crippen LogP contribution >= 0.6 is 0 Å². The molecule has 0 unspecified atom stereocenters. The van der Waals surface area contributed by atoms with Gasteiger partial charge in [0.2, 0.25) is 0 Å². The molecule has 2 heterocycles. The second-order valence-electron chi connectivity index (χ2n) is 6.60. The Morgan fingerprint density at radius 1 is 1.04 bits per heavy atom. The van der Waals surface area contributed by atoms with E-state index < -0.39 is 0 Å². The number of aryl methyl sites for hydroxylation is 1. The van der Waals surface area contributed by atoms with Crippen molar-refractivity contribution in [1.29, 1.82) is 0 Å². The van der Waals surface area contributed by atoms with Crippen molar-refractivity contribution in [2.45, 2.75) is 13.8 Å². The third-order valence-electron chi connectivity index (χ3n) is 4.79. The molecule has 5 heteroatoms. The molecule has 0 aliphatic heterocycles. The first-order valence-corrected chi connectivity index (χ1v) is 9.05. The van der Waals surface area contributed by atoms with E-state index in [0.717, 1.165) is 22.6 Å². The first-order chi connectivity index (χ1) is 13.6. The van der Waals surface area contributed by atoms with Crippen molar-refractivity contribution in [1.82, 2.24) is 15.0 Å². The van der Waals surface area contributed by atoms with E-state index in [1.807, 2.05) is 6.07 Å². The SMILES string of the molecule is Cc1cc(/C=N\NC(=O)c2ccncc2)c(C)n1-c1cccc2ccccc12. The minimum Gasteiger partial charge on any atom is -0.317 e. The second-order valence-corrected chi connectivity index (χ2v) is 6.60. The Bertz CT molecular complexity index is 1170. The summed E-state index contributed by atoms with van der Waals surface area (Å²) in [5.41, 5.74) is 7.35. The zero-order valence-corrected chi connectivity index (χ0v) is 15.8. The highest BCUT2D eigenvalue weighted by Gasteiger charge is 2.12. The van der Waals surface area contributed by atoms with E-state index in [4.69, 9.17) is 0 Å². The first kappa shape index (κ1) is 17.7. The fourth-order valence-corrected chi connectivity index (χ4v) is 3.42. The lowest BCUT2D eigenvalue weighted by Gasteiger charge is -2.12. The number of pyridine rings is 1. The zero-order chi connectivity index (χ0) is 19.5. The summed E-state index contributed by atoms with van der Waals surface area (Å²) in [6, 6.07) is 20.0. The minimum atomic E-state index is -0.262. The number of nitrogens with one attached hydrogen (secondary N) is 1. The fourth-order valence-electron chi connectivity index (χ4n) is 3.42. The molecule has 0 atom stereocenters. The predicted molar refractivity (Wildman–Crippen MR) is 112 cm³/mol. The third-order valence-corrected chi connectivity index (χ3v) is 4.79. The molecule has 4 aromatic rings.